The Balaban J connectivity index is 2.54. The largest absolute Gasteiger partial charge is 0.308 e. The number of hydrogen-bond acceptors (Lipinski definition) is 3. The molecule has 0 aliphatic carbocycles. The molecule has 16 heavy (non-hydrogen) atoms. The van der Waals surface area contributed by atoms with Crippen LogP contribution in [0.4, 0.5) is 0 Å². The van der Waals surface area contributed by atoms with Crippen LogP contribution in [-0.2, 0) is 0 Å². The van der Waals surface area contributed by atoms with Crippen molar-refractivity contribution >= 4 is 23.5 Å². The standard InChI is InChI=1S/C13H21NS2/c1-11(16-3)9-14-13(10-15-2)12-7-5-4-6-8-12/h4-8,11,13-14H,9-10H2,1-3H3. The van der Waals surface area contributed by atoms with Crippen molar-refractivity contribution in [2.75, 3.05) is 24.8 Å². The van der Waals surface area contributed by atoms with Crippen LogP contribution in [-0.4, -0.2) is 30.1 Å². The molecule has 1 nitrogen and oxygen atoms in total. The van der Waals surface area contributed by atoms with Crippen molar-refractivity contribution in [2.24, 2.45) is 0 Å². The molecular formula is C13H21NS2. The zero-order valence-electron chi connectivity index (χ0n) is 10.3. The smallest absolute Gasteiger partial charge is 0.0412 e. The second-order valence-electron chi connectivity index (χ2n) is 3.87. The van der Waals surface area contributed by atoms with Gasteiger partial charge in [-0.25, -0.2) is 0 Å². The lowest BCUT2D eigenvalue weighted by molar-refractivity contribution is 0.583. The summed E-state index contributed by atoms with van der Waals surface area (Å²) < 4.78 is 0. The fraction of sp³-hybridized carbons (Fsp3) is 0.538. The van der Waals surface area contributed by atoms with Gasteiger partial charge in [0.25, 0.3) is 0 Å². The predicted octanol–water partition coefficient (Wildman–Crippen LogP) is 3.43. The molecule has 0 radical (unpaired) electrons. The summed E-state index contributed by atoms with van der Waals surface area (Å²) in [5, 5.41) is 4.32. The zero-order chi connectivity index (χ0) is 11.8. The molecular weight excluding hydrogens is 234 g/mol. The van der Waals surface area contributed by atoms with Crippen LogP contribution in [0.5, 0.6) is 0 Å². The Bertz CT molecular complexity index is 277. The molecule has 2 atom stereocenters. The van der Waals surface area contributed by atoms with E-state index in [1.54, 1.807) is 0 Å². The normalized spacial score (nSPS) is 14.7. The quantitative estimate of drug-likeness (QED) is 0.801. The van der Waals surface area contributed by atoms with Gasteiger partial charge >= 0.3 is 0 Å². The maximum Gasteiger partial charge on any atom is 0.0412 e. The van der Waals surface area contributed by atoms with Gasteiger partial charge in [0.1, 0.15) is 0 Å². The average molecular weight is 255 g/mol. The van der Waals surface area contributed by atoms with Gasteiger partial charge in [0.05, 0.1) is 0 Å². The monoisotopic (exact) mass is 255 g/mol. The van der Waals surface area contributed by atoms with E-state index in [1.165, 1.54) is 5.56 Å². The molecule has 2 unspecified atom stereocenters. The summed E-state index contributed by atoms with van der Waals surface area (Å²) in [6, 6.07) is 11.2. The third-order valence-corrected chi connectivity index (χ3v) is 4.23. The number of nitrogens with one attached hydrogen (secondary N) is 1. The maximum atomic E-state index is 3.65. The van der Waals surface area contributed by atoms with Crippen molar-refractivity contribution in [2.45, 2.75) is 18.2 Å². The van der Waals surface area contributed by atoms with Crippen molar-refractivity contribution in [3.63, 3.8) is 0 Å². The van der Waals surface area contributed by atoms with Gasteiger partial charge in [-0.2, -0.15) is 23.5 Å². The molecule has 0 heterocycles. The fourth-order valence-corrected chi connectivity index (χ4v) is 2.42. The maximum absolute atomic E-state index is 3.65. The third-order valence-electron chi connectivity index (χ3n) is 2.59. The van der Waals surface area contributed by atoms with E-state index in [1.807, 2.05) is 23.5 Å². The van der Waals surface area contributed by atoms with Gasteiger partial charge in [0, 0.05) is 23.6 Å². The highest BCUT2D eigenvalue weighted by atomic mass is 32.2. The van der Waals surface area contributed by atoms with E-state index in [9.17, 15) is 0 Å². The molecule has 90 valence electrons. The molecule has 1 rings (SSSR count). The van der Waals surface area contributed by atoms with Gasteiger partial charge in [-0.15, -0.1) is 0 Å². The topological polar surface area (TPSA) is 12.0 Å². The Morgan fingerprint density at radius 1 is 1.19 bits per heavy atom. The second kappa shape index (κ2) is 8.04. The first-order valence-corrected chi connectivity index (χ1v) is 8.26. The van der Waals surface area contributed by atoms with E-state index >= 15 is 0 Å². The molecule has 0 saturated heterocycles. The molecule has 0 fully saturated rings. The van der Waals surface area contributed by atoms with E-state index in [2.05, 4.69) is 55.1 Å². The van der Waals surface area contributed by atoms with Crippen molar-refractivity contribution in [1.29, 1.82) is 0 Å². The Morgan fingerprint density at radius 2 is 1.88 bits per heavy atom. The van der Waals surface area contributed by atoms with Gasteiger partial charge in [0.15, 0.2) is 0 Å². The Hall–Kier alpha value is -0.120. The first kappa shape index (κ1) is 13.9. The van der Waals surface area contributed by atoms with E-state index in [0.29, 0.717) is 11.3 Å². The molecule has 0 saturated carbocycles. The van der Waals surface area contributed by atoms with Gasteiger partial charge in [-0.1, -0.05) is 37.3 Å². The van der Waals surface area contributed by atoms with E-state index < -0.39 is 0 Å². The van der Waals surface area contributed by atoms with Gasteiger partial charge in [0.2, 0.25) is 0 Å². The van der Waals surface area contributed by atoms with Crippen LogP contribution in [0.3, 0.4) is 0 Å². The van der Waals surface area contributed by atoms with Crippen molar-refractivity contribution < 1.29 is 0 Å². The number of rotatable bonds is 7. The van der Waals surface area contributed by atoms with Crippen LogP contribution in [0.15, 0.2) is 30.3 Å². The minimum Gasteiger partial charge on any atom is -0.308 e. The summed E-state index contributed by atoms with van der Waals surface area (Å²) in [4.78, 5) is 0. The molecule has 0 amide bonds. The highest BCUT2D eigenvalue weighted by molar-refractivity contribution is 7.99. The number of benzene rings is 1. The molecule has 0 aliphatic heterocycles. The van der Waals surface area contributed by atoms with Crippen LogP contribution in [0.1, 0.15) is 18.5 Å². The van der Waals surface area contributed by atoms with Gasteiger partial charge in [-0.3, -0.25) is 0 Å². The Labute approximate surface area is 108 Å². The van der Waals surface area contributed by atoms with Crippen LogP contribution in [0.2, 0.25) is 0 Å². The van der Waals surface area contributed by atoms with Gasteiger partial charge < -0.3 is 5.32 Å². The molecule has 1 N–H and O–H groups in total. The van der Waals surface area contributed by atoms with Crippen molar-refractivity contribution in [1.82, 2.24) is 5.32 Å². The highest BCUT2D eigenvalue weighted by Gasteiger charge is 2.10. The average Bonchev–Trinajstić information content (AvgIpc) is 2.35. The van der Waals surface area contributed by atoms with Crippen LogP contribution in [0, 0.1) is 0 Å². The lowest BCUT2D eigenvalue weighted by Crippen LogP contribution is -2.28. The minimum atomic E-state index is 0.478. The Kier molecular flexibility index (Phi) is 7.01. The second-order valence-corrected chi connectivity index (χ2v) is 6.06. The first-order chi connectivity index (χ1) is 7.77. The summed E-state index contributed by atoms with van der Waals surface area (Å²) in [6.07, 6.45) is 4.33. The van der Waals surface area contributed by atoms with Crippen LogP contribution in [0.25, 0.3) is 0 Å². The van der Waals surface area contributed by atoms with E-state index in [0.717, 1.165) is 12.3 Å². The van der Waals surface area contributed by atoms with Crippen LogP contribution >= 0.6 is 23.5 Å². The van der Waals surface area contributed by atoms with Crippen LogP contribution < -0.4 is 5.32 Å². The molecule has 3 heteroatoms. The fourth-order valence-electron chi connectivity index (χ4n) is 1.52. The Morgan fingerprint density at radius 3 is 2.44 bits per heavy atom. The lowest BCUT2D eigenvalue weighted by Gasteiger charge is -2.20. The number of hydrogen-bond donors (Lipinski definition) is 1. The zero-order valence-corrected chi connectivity index (χ0v) is 11.9. The van der Waals surface area contributed by atoms with Crippen molar-refractivity contribution in [3.05, 3.63) is 35.9 Å². The molecule has 1 aromatic carbocycles. The lowest BCUT2D eigenvalue weighted by atomic mass is 10.1. The molecule has 0 bridgehead atoms. The summed E-state index contributed by atoms with van der Waals surface area (Å²) in [6.45, 7) is 3.33. The predicted molar refractivity (Wildman–Crippen MR) is 78.5 cm³/mol. The third kappa shape index (κ3) is 4.81. The highest BCUT2D eigenvalue weighted by Crippen LogP contribution is 2.17. The van der Waals surface area contributed by atoms with E-state index in [-0.39, 0.29) is 0 Å². The molecule has 0 aliphatic rings. The first-order valence-electron chi connectivity index (χ1n) is 5.58. The molecule has 0 aromatic heterocycles. The van der Waals surface area contributed by atoms with E-state index in [4.69, 9.17) is 0 Å². The van der Waals surface area contributed by atoms with Gasteiger partial charge in [-0.05, 0) is 18.1 Å². The minimum absolute atomic E-state index is 0.478. The summed E-state index contributed by atoms with van der Waals surface area (Å²) in [5.74, 6) is 1.13. The summed E-state index contributed by atoms with van der Waals surface area (Å²) in [5.41, 5.74) is 1.39. The summed E-state index contributed by atoms with van der Waals surface area (Å²) in [7, 11) is 0. The SMILES string of the molecule is CSCC(NCC(C)SC)c1ccccc1. The van der Waals surface area contributed by atoms with Crippen molar-refractivity contribution in [3.8, 4) is 0 Å². The summed E-state index contributed by atoms with van der Waals surface area (Å²) >= 11 is 3.81. The number of thioether (sulfide) groups is 2. The molecule has 0 spiro atoms. The molecule has 1 aromatic rings.